The van der Waals surface area contributed by atoms with E-state index in [1.54, 1.807) is 22.7 Å². The number of hydrogen-bond acceptors (Lipinski definition) is 7. The standard InChI is InChI=1S/C16H22N4OS2/c1-12-18-14(11-23-12)8-19-3-4-21-15-9-20(7-13(15)6-19)10-16-17-2-5-22-16/h2,5,11,13,15H,3-4,6-10H2,1H3/t13-,15+/m0/s1. The van der Waals surface area contributed by atoms with E-state index in [1.165, 1.54) is 10.7 Å². The summed E-state index contributed by atoms with van der Waals surface area (Å²) in [6.07, 6.45) is 2.26. The minimum Gasteiger partial charge on any atom is -0.375 e. The van der Waals surface area contributed by atoms with E-state index in [1.807, 2.05) is 6.20 Å². The van der Waals surface area contributed by atoms with Crippen LogP contribution in [0.1, 0.15) is 15.7 Å². The van der Waals surface area contributed by atoms with Gasteiger partial charge in [0.25, 0.3) is 0 Å². The molecule has 2 atom stereocenters. The van der Waals surface area contributed by atoms with Gasteiger partial charge in [0.2, 0.25) is 0 Å². The molecule has 2 aromatic heterocycles. The smallest absolute Gasteiger partial charge is 0.107 e. The maximum Gasteiger partial charge on any atom is 0.107 e. The molecule has 2 saturated heterocycles. The summed E-state index contributed by atoms with van der Waals surface area (Å²) < 4.78 is 6.13. The highest BCUT2D eigenvalue weighted by Gasteiger charge is 2.36. The molecule has 4 heterocycles. The van der Waals surface area contributed by atoms with Gasteiger partial charge in [0.05, 0.1) is 30.0 Å². The molecule has 23 heavy (non-hydrogen) atoms. The summed E-state index contributed by atoms with van der Waals surface area (Å²) in [4.78, 5) is 14.0. The number of ether oxygens (including phenoxy) is 1. The summed E-state index contributed by atoms with van der Waals surface area (Å²) in [6, 6.07) is 0. The van der Waals surface area contributed by atoms with Crippen LogP contribution < -0.4 is 0 Å². The van der Waals surface area contributed by atoms with E-state index in [-0.39, 0.29) is 0 Å². The molecule has 2 aliphatic heterocycles. The lowest BCUT2D eigenvalue weighted by Crippen LogP contribution is -2.32. The maximum absolute atomic E-state index is 6.13. The Morgan fingerprint density at radius 3 is 2.91 bits per heavy atom. The van der Waals surface area contributed by atoms with E-state index >= 15 is 0 Å². The Morgan fingerprint density at radius 2 is 2.13 bits per heavy atom. The van der Waals surface area contributed by atoms with Gasteiger partial charge in [-0.3, -0.25) is 9.80 Å². The molecule has 7 heteroatoms. The minimum atomic E-state index is 0.372. The normalized spacial score (nSPS) is 26.3. The van der Waals surface area contributed by atoms with E-state index in [4.69, 9.17) is 4.74 Å². The molecule has 0 radical (unpaired) electrons. The highest BCUT2D eigenvalue weighted by molar-refractivity contribution is 7.09. The zero-order valence-corrected chi connectivity index (χ0v) is 15.0. The van der Waals surface area contributed by atoms with Crippen LogP contribution in [0.25, 0.3) is 0 Å². The summed E-state index contributed by atoms with van der Waals surface area (Å²) >= 11 is 3.48. The molecular formula is C16H22N4OS2. The van der Waals surface area contributed by atoms with E-state index in [9.17, 15) is 0 Å². The van der Waals surface area contributed by atoms with Gasteiger partial charge in [0.1, 0.15) is 5.01 Å². The van der Waals surface area contributed by atoms with Crippen molar-refractivity contribution < 1.29 is 4.74 Å². The second-order valence-electron chi connectivity index (χ2n) is 6.38. The van der Waals surface area contributed by atoms with Crippen LogP contribution in [0, 0.1) is 12.8 Å². The van der Waals surface area contributed by atoms with E-state index < -0.39 is 0 Å². The lowest BCUT2D eigenvalue weighted by molar-refractivity contribution is 0.0510. The lowest BCUT2D eigenvalue weighted by atomic mass is 10.1. The third-order valence-electron chi connectivity index (χ3n) is 4.58. The van der Waals surface area contributed by atoms with Gasteiger partial charge in [-0.05, 0) is 6.92 Å². The Labute approximate surface area is 144 Å². The molecule has 5 nitrogen and oxygen atoms in total. The van der Waals surface area contributed by atoms with Gasteiger partial charge < -0.3 is 4.74 Å². The third kappa shape index (κ3) is 3.80. The average Bonchev–Trinajstić information content (AvgIpc) is 3.22. The number of aryl methyl sites for hydroxylation is 1. The number of rotatable bonds is 4. The zero-order valence-electron chi connectivity index (χ0n) is 13.4. The van der Waals surface area contributed by atoms with Gasteiger partial charge in [-0.1, -0.05) is 0 Å². The average molecular weight is 351 g/mol. The van der Waals surface area contributed by atoms with Crippen molar-refractivity contribution >= 4 is 22.7 Å². The largest absolute Gasteiger partial charge is 0.375 e. The van der Waals surface area contributed by atoms with Crippen LogP contribution in [0.3, 0.4) is 0 Å². The van der Waals surface area contributed by atoms with Crippen LogP contribution in [0.15, 0.2) is 17.0 Å². The highest BCUT2D eigenvalue weighted by Crippen LogP contribution is 2.26. The molecule has 2 fully saturated rings. The maximum atomic E-state index is 6.13. The number of fused-ring (bicyclic) bond motifs is 1. The molecule has 0 spiro atoms. The van der Waals surface area contributed by atoms with Gasteiger partial charge in [0.15, 0.2) is 0 Å². The van der Waals surface area contributed by atoms with E-state index in [0.717, 1.165) is 50.9 Å². The number of likely N-dealkylation sites (tertiary alicyclic amines) is 1. The molecule has 0 amide bonds. The fourth-order valence-electron chi connectivity index (χ4n) is 3.55. The van der Waals surface area contributed by atoms with E-state index in [0.29, 0.717) is 12.0 Å². The van der Waals surface area contributed by atoms with Crippen molar-refractivity contribution in [1.29, 1.82) is 0 Å². The molecule has 124 valence electrons. The summed E-state index contributed by atoms with van der Waals surface area (Å²) in [5, 5.41) is 6.59. The highest BCUT2D eigenvalue weighted by atomic mass is 32.1. The number of hydrogen-bond donors (Lipinski definition) is 0. The molecule has 0 unspecified atom stereocenters. The molecule has 0 bridgehead atoms. The van der Waals surface area contributed by atoms with Crippen molar-refractivity contribution in [3.63, 3.8) is 0 Å². The van der Waals surface area contributed by atoms with Crippen molar-refractivity contribution in [2.24, 2.45) is 5.92 Å². The molecule has 0 N–H and O–H groups in total. The van der Waals surface area contributed by atoms with Crippen LogP contribution in [0.2, 0.25) is 0 Å². The quantitative estimate of drug-likeness (QED) is 0.846. The fourth-order valence-corrected chi connectivity index (χ4v) is 4.81. The molecule has 2 aromatic rings. The number of nitrogens with zero attached hydrogens (tertiary/aromatic N) is 4. The van der Waals surface area contributed by atoms with Crippen molar-refractivity contribution in [3.05, 3.63) is 32.7 Å². The van der Waals surface area contributed by atoms with Crippen LogP contribution in [-0.2, 0) is 17.8 Å². The van der Waals surface area contributed by atoms with E-state index in [2.05, 4.69) is 37.5 Å². The Morgan fingerprint density at radius 1 is 1.22 bits per heavy atom. The van der Waals surface area contributed by atoms with Crippen molar-refractivity contribution in [1.82, 2.24) is 19.8 Å². The molecule has 2 aliphatic rings. The summed E-state index contributed by atoms with van der Waals surface area (Å²) in [7, 11) is 0. The van der Waals surface area contributed by atoms with Crippen LogP contribution in [0.4, 0.5) is 0 Å². The fraction of sp³-hybridized carbons (Fsp3) is 0.625. The van der Waals surface area contributed by atoms with Crippen molar-refractivity contribution in [2.45, 2.75) is 26.1 Å². The van der Waals surface area contributed by atoms with Crippen molar-refractivity contribution in [2.75, 3.05) is 32.8 Å². The first-order valence-electron chi connectivity index (χ1n) is 8.12. The summed E-state index contributed by atoms with van der Waals surface area (Å²) in [5.41, 5.74) is 1.20. The molecule has 0 saturated carbocycles. The lowest BCUT2D eigenvalue weighted by Gasteiger charge is -2.22. The summed E-state index contributed by atoms with van der Waals surface area (Å²) in [6.45, 7) is 9.07. The van der Waals surface area contributed by atoms with Gasteiger partial charge in [0, 0.05) is 55.6 Å². The van der Waals surface area contributed by atoms with Crippen LogP contribution in [0.5, 0.6) is 0 Å². The Hall–Kier alpha value is -0.860. The minimum absolute atomic E-state index is 0.372. The van der Waals surface area contributed by atoms with Crippen molar-refractivity contribution in [3.8, 4) is 0 Å². The molecule has 0 aliphatic carbocycles. The van der Waals surface area contributed by atoms with Crippen LogP contribution >= 0.6 is 22.7 Å². The Bertz CT molecular complexity index is 630. The topological polar surface area (TPSA) is 41.5 Å². The first-order valence-corrected chi connectivity index (χ1v) is 9.88. The monoisotopic (exact) mass is 350 g/mol. The Kier molecular flexibility index (Phi) is 4.73. The number of thiazole rings is 2. The Balaban J connectivity index is 1.36. The predicted molar refractivity (Wildman–Crippen MR) is 92.7 cm³/mol. The predicted octanol–water partition coefficient (Wildman–Crippen LogP) is 2.24. The first kappa shape index (κ1) is 15.7. The van der Waals surface area contributed by atoms with Gasteiger partial charge in [-0.25, -0.2) is 9.97 Å². The van der Waals surface area contributed by atoms with Gasteiger partial charge in [-0.2, -0.15) is 0 Å². The van der Waals surface area contributed by atoms with Crippen LogP contribution in [-0.4, -0.2) is 58.7 Å². The third-order valence-corrected chi connectivity index (χ3v) is 6.17. The SMILES string of the molecule is Cc1nc(CN2CCO[C@@H]3CN(Cc4nccs4)C[C@@H]3C2)cs1. The zero-order chi connectivity index (χ0) is 15.6. The number of aromatic nitrogens is 2. The van der Waals surface area contributed by atoms with Gasteiger partial charge in [-0.15, -0.1) is 22.7 Å². The molecular weight excluding hydrogens is 328 g/mol. The molecule has 0 aromatic carbocycles. The molecule has 4 rings (SSSR count). The second-order valence-corrected chi connectivity index (χ2v) is 8.42. The first-order chi connectivity index (χ1) is 11.3. The van der Waals surface area contributed by atoms with Gasteiger partial charge >= 0.3 is 0 Å². The second kappa shape index (κ2) is 6.94. The summed E-state index contributed by atoms with van der Waals surface area (Å²) in [5.74, 6) is 0.595.